The van der Waals surface area contributed by atoms with E-state index < -0.39 is 41.9 Å². The van der Waals surface area contributed by atoms with Crippen molar-refractivity contribution in [3.05, 3.63) is 0 Å². The zero-order valence-electron chi connectivity index (χ0n) is 16.8. The summed E-state index contributed by atoms with van der Waals surface area (Å²) in [5.41, 5.74) is 15.6. The number of nitrogens with two attached hydrogens (primary N) is 3. The van der Waals surface area contributed by atoms with Gasteiger partial charge in [-0.05, 0) is 45.1 Å². The molecule has 0 unspecified atom stereocenters. The first-order chi connectivity index (χ1) is 13.0. The van der Waals surface area contributed by atoms with E-state index in [4.69, 9.17) is 27.4 Å². The highest BCUT2D eigenvalue weighted by atomic mass is 16.4. The van der Waals surface area contributed by atoms with Crippen LogP contribution in [0.4, 0.5) is 0 Å². The fourth-order valence-electron chi connectivity index (χ4n) is 2.02. The predicted molar refractivity (Wildman–Crippen MR) is 104 cm³/mol. The molecule has 11 nitrogen and oxygen atoms in total. The fraction of sp³-hybridized carbons (Fsp3) is 0.765. The third kappa shape index (κ3) is 14.9. The zero-order chi connectivity index (χ0) is 22.3. The second-order valence-corrected chi connectivity index (χ2v) is 6.75. The van der Waals surface area contributed by atoms with Crippen molar-refractivity contribution in [2.24, 2.45) is 23.1 Å². The van der Waals surface area contributed by atoms with Crippen LogP contribution in [0.5, 0.6) is 0 Å². The lowest BCUT2D eigenvalue weighted by Gasteiger charge is -2.18. The van der Waals surface area contributed by atoms with E-state index in [2.05, 4.69) is 10.6 Å². The summed E-state index contributed by atoms with van der Waals surface area (Å²) in [6.07, 6.45) is 2.15. The van der Waals surface area contributed by atoms with Gasteiger partial charge in [0, 0.05) is 0 Å². The van der Waals surface area contributed by atoms with Crippen molar-refractivity contribution >= 4 is 23.8 Å². The first-order valence-electron chi connectivity index (χ1n) is 9.17. The summed E-state index contributed by atoms with van der Waals surface area (Å²) in [6, 6.07) is -2.49. The molecule has 10 N–H and O–H groups in total. The van der Waals surface area contributed by atoms with E-state index in [-0.39, 0.29) is 6.54 Å². The van der Waals surface area contributed by atoms with Gasteiger partial charge in [-0.25, -0.2) is 4.79 Å². The maximum Gasteiger partial charge on any atom is 0.326 e. The Bertz CT molecular complexity index is 500. The summed E-state index contributed by atoms with van der Waals surface area (Å²) >= 11 is 0. The lowest BCUT2D eigenvalue weighted by molar-refractivity contribution is -0.142. The van der Waals surface area contributed by atoms with Crippen molar-refractivity contribution in [2.75, 3.05) is 13.1 Å². The molecule has 0 aliphatic heterocycles. The molecule has 0 saturated heterocycles. The van der Waals surface area contributed by atoms with E-state index in [1.807, 2.05) is 13.8 Å². The molecule has 3 atom stereocenters. The SMILES string of the molecule is CC(C)C[C@H](N)C(=O)O.C[C@H](NC(=O)CN)C(=O)N[C@@H](CCCCN)C(=O)O. The lowest BCUT2D eigenvalue weighted by Crippen LogP contribution is -2.51. The molecule has 0 aromatic heterocycles. The largest absolute Gasteiger partial charge is 0.480 e. The van der Waals surface area contributed by atoms with Gasteiger partial charge in [-0.3, -0.25) is 14.4 Å². The maximum atomic E-state index is 11.7. The zero-order valence-corrected chi connectivity index (χ0v) is 16.8. The van der Waals surface area contributed by atoms with E-state index in [0.717, 1.165) is 0 Å². The average Bonchev–Trinajstić information content (AvgIpc) is 2.60. The fourth-order valence-corrected chi connectivity index (χ4v) is 2.02. The van der Waals surface area contributed by atoms with Crippen molar-refractivity contribution in [1.82, 2.24) is 10.6 Å². The number of rotatable bonds is 12. The Morgan fingerprint density at radius 2 is 1.50 bits per heavy atom. The van der Waals surface area contributed by atoms with Crippen LogP contribution in [-0.4, -0.2) is 65.2 Å². The van der Waals surface area contributed by atoms with E-state index in [0.29, 0.717) is 38.1 Å². The summed E-state index contributed by atoms with van der Waals surface area (Å²) in [4.78, 5) is 43.8. The number of unbranched alkanes of at least 4 members (excludes halogenated alkanes) is 1. The molecule has 0 aliphatic carbocycles. The summed E-state index contributed by atoms with van der Waals surface area (Å²) in [7, 11) is 0. The van der Waals surface area contributed by atoms with Gasteiger partial charge in [-0.1, -0.05) is 13.8 Å². The van der Waals surface area contributed by atoms with Crippen LogP contribution in [0.2, 0.25) is 0 Å². The summed E-state index contributed by atoms with van der Waals surface area (Å²) in [6.45, 7) is 5.60. The lowest BCUT2D eigenvalue weighted by atomic mass is 10.1. The van der Waals surface area contributed by atoms with Crippen LogP contribution in [-0.2, 0) is 19.2 Å². The van der Waals surface area contributed by atoms with Gasteiger partial charge >= 0.3 is 11.9 Å². The third-order valence-corrected chi connectivity index (χ3v) is 3.56. The molecule has 0 radical (unpaired) electrons. The van der Waals surface area contributed by atoms with Crippen molar-refractivity contribution < 1.29 is 29.4 Å². The standard InChI is InChI=1S/C11H22N4O4.C6H13NO2/c1-7(14-9(16)6-13)10(17)15-8(11(18)19)4-2-3-5-12;1-4(2)3-5(7)6(8)9/h7-8H,2-6,12-13H2,1H3,(H,14,16)(H,15,17)(H,18,19);4-5H,3,7H2,1-2H3,(H,8,9)/t7-,8-;5-/m00/s1. The number of aliphatic carboxylic acids is 2. The van der Waals surface area contributed by atoms with Crippen molar-refractivity contribution in [2.45, 2.75) is 64.6 Å². The van der Waals surface area contributed by atoms with Gasteiger partial charge in [0.15, 0.2) is 0 Å². The van der Waals surface area contributed by atoms with Crippen LogP contribution < -0.4 is 27.8 Å². The highest BCUT2D eigenvalue weighted by Gasteiger charge is 2.23. The molecule has 0 aliphatic rings. The molecule has 0 rings (SSSR count). The molecule has 28 heavy (non-hydrogen) atoms. The van der Waals surface area contributed by atoms with E-state index in [1.165, 1.54) is 6.92 Å². The van der Waals surface area contributed by atoms with Gasteiger partial charge < -0.3 is 38.0 Å². The topological polar surface area (TPSA) is 211 Å². The van der Waals surface area contributed by atoms with Crippen LogP contribution in [0, 0.1) is 5.92 Å². The molecule has 0 heterocycles. The van der Waals surface area contributed by atoms with Crippen LogP contribution in [0.3, 0.4) is 0 Å². The maximum absolute atomic E-state index is 11.7. The van der Waals surface area contributed by atoms with E-state index in [9.17, 15) is 19.2 Å². The van der Waals surface area contributed by atoms with Crippen LogP contribution >= 0.6 is 0 Å². The second kappa shape index (κ2) is 15.8. The molecular weight excluding hydrogens is 370 g/mol. The number of amides is 2. The Morgan fingerprint density at radius 1 is 0.929 bits per heavy atom. The number of carbonyl (C=O) groups excluding carboxylic acids is 2. The Balaban J connectivity index is 0. The third-order valence-electron chi connectivity index (χ3n) is 3.56. The van der Waals surface area contributed by atoms with Gasteiger partial charge in [-0.2, -0.15) is 0 Å². The molecule has 164 valence electrons. The predicted octanol–water partition coefficient (Wildman–Crippen LogP) is -1.41. The number of nitrogens with one attached hydrogen (secondary N) is 2. The quantitative estimate of drug-likeness (QED) is 0.190. The molecular formula is C17H35N5O6. The number of hydrogen-bond acceptors (Lipinski definition) is 7. The van der Waals surface area contributed by atoms with Crippen LogP contribution in [0.1, 0.15) is 46.5 Å². The highest BCUT2D eigenvalue weighted by molar-refractivity contribution is 5.90. The summed E-state index contributed by atoms with van der Waals surface area (Å²) in [5, 5.41) is 22.0. The minimum atomic E-state index is -1.11. The average molecular weight is 405 g/mol. The monoisotopic (exact) mass is 405 g/mol. The normalized spacial score (nSPS) is 13.5. The van der Waals surface area contributed by atoms with Gasteiger partial charge in [0.25, 0.3) is 0 Å². The molecule has 0 aromatic carbocycles. The number of hydrogen-bond donors (Lipinski definition) is 7. The molecule has 0 fully saturated rings. The molecule has 11 heteroatoms. The highest BCUT2D eigenvalue weighted by Crippen LogP contribution is 2.02. The molecule has 0 spiro atoms. The van der Waals surface area contributed by atoms with Gasteiger partial charge in [0.05, 0.1) is 6.54 Å². The second-order valence-electron chi connectivity index (χ2n) is 6.75. The Hall–Kier alpha value is -2.24. The molecule has 0 bridgehead atoms. The number of carboxylic acids is 2. The Morgan fingerprint density at radius 3 is 1.86 bits per heavy atom. The number of carbonyl (C=O) groups is 4. The Kier molecular flexibility index (Phi) is 15.8. The summed E-state index contributed by atoms with van der Waals surface area (Å²) in [5.74, 6) is -2.69. The minimum Gasteiger partial charge on any atom is -0.480 e. The smallest absolute Gasteiger partial charge is 0.326 e. The first-order valence-corrected chi connectivity index (χ1v) is 9.17. The van der Waals surface area contributed by atoms with Crippen molar-refractivity contribution in [3.63, 3.8) is 0 Å². The van der Waals surface area contributed by atoms with Gasteiger partial charge in [0.1, 0.15) is 18.1 Å². The van der Waals surface area contributed by atoms with E-state index in [1.54, 1.807) is 0 Å². The first kappa shape index (κ1) is 28.0. The van der Waals surface area contributed by atoms with Gasteiger partial charge in [-0.15, -0.1) is 0 Å². The van der Waals surface area contributed by atoms with Gasteiger partial charge in [0.2, 0.25) is 11.8 Å². The van der Waals surface area contributed by atoms with Crippen LogP contribution in [0.25, 0.3) is 0 Å². The minimum absolute atomic E-state index is 0.226. The molecule has 2 amide bonds. The number of carboxylic acid groups (broad SMARTS) is 2. The van der Waals surface area contributed by atoms with Crippen molar-refractivity contribution in [3.8, 4) is 0 Å². The van der Waals surface area contributed by atoms with Crippen molar-refractivity contribution in [1.29, 1.82) is 0 Å². The Labute approximate surface area is 165 Å². The van der Waals surface area contributed by atoms with Crippen LogP contribution in [0.15, 0.2) is 0 Å². The molecule has 0 aromatic rings. The molecule has 0 saturated carbocycles. The van der Waals surface area contributed by atoms with E-state index >= 15 is 0 Å². The summed E-state index contributed by atoms with van der Waals surface area (Å²) < 4.78 is 0.